The van der Waals surface area contributed by atoms with E-state index >= 15 is 0 Å². The molecular weight excluding hydrogens is 214 g/mol. The average Bonchev–Trinajstić information content (AvgIpc) is 2.34. The summed E-state index contributed by atoms with van der Waals surface area (Å²) in [6.45, 7) is 1.93. The summed E-state index contributed by atoms with van der Waals surface area (Å²) in [7, 11) is 1.64. The first kappa shape index (κ1) is 11.3. The lowest BCUT2D eigenvalue weighted by Crippen LogP contribution is -2.00. The molecule has 0 atom stereocenters. The maximum atomic E-state index is 5.85. The second-order valence-corrected chi connectivity index (χ2v) is 3.75. The molecule has 0 radical (unpaired) electrons. The summed E-state index contributed by atoms with van der Waals surface area (Å²) < 4.78 is 5.15. The minimum atomic E-state index is 0.624. The smallest absolute Gasteiger partial charge is 0.153 e. The zero-order chi connectivity index (χ0) is 12.3. The van der Waals surface area contributed by atoms with E-state index < -0.39 is 0 Å². The van der Waals surface area contributed by atoms with E-state index in [2.05, 4.69) is 10.3 Å². The van der Waals surface area contributed by atoms with Gasteiger partial charge in [0.15, 0.2) is 5.82 Å². The standard InChI is InChI=1S/C13H15N3O/c1-9-6-7-12(14)13(15-9)16-10-4-3-5-11(8-10)17-2/h3-8H,14H2,1-2H3,(H,15,16). The highest BCUT2D eigenvalue weighted by Crippen LogP contribution is 2.23. The Kier molecular flexibility index (Phi) is 3.14. The van der Waals surface area contributed by atoms with Crippen LogP contribution in [-0.2, 0) is 0 Å². The number of aromatic nitrogens is 1. The van der Waals surface area contributed by atoms with Crippen molar-refractivity contribution in [2.75, 3.05) is 18.2 Å². The molecule has 0 fully saturated rings. The number of nitrogens with one attached hydrogen (secondary N) is 1. The number of methoxy groups -OCH3 is 1. The summed E-state index contributed by atoms with van der Waals surface area (Å²) in [4.78, 5) is 4.35. The van der Waals surface area contributed by atoms with Gasteiger partial charge in [-0.15, -0.1) is 0 Å². The number of nitrogens with two attached hydrogens (primary N) is 1. The van der Waals surface area contributed by atoms with Gasteiger partial charge in [0.2, 0.25) is 0 Å². The molecule has 0 aliphatic carbocycles. The van der Waals surface area contributed by atoms with Crippen molar-refractivity contribution >= 4 is 17.2 Å². The summed E-state index contributed by atoms with van der Waals surface area (Å²) in [5.74, 6) is 1.46. The normalized spacial score (nSPS) is 10.0. The van der Waals surface area contributed by atoms with Gasteiger partial charge in [0.1, 0.15) is 5.75 Å². The van der Waals surface area contributed by atoms with Crippen molar-refractivity contribution in [2.45, 2.75) is 6.92 Å². The van der Waals surface area contributed by atoms with E-state index in [1.54, 1.807) is 7.11 Å². The number of rotatable bonds is 3. The number of aryl methyl sites for hydroxylation is 1. The molecule has 4 heteroatoms. The molecule has 17 heavy (non-hydrogen) atoms. The molecule has 0 saturated heterocycles. The number of benzene rings is 1. The van der Waals surface area contributed by atoms with E-state index in [-0.39, 0.29) is 0 Å². The quantitative estimate of drug-likeness (QED) is 0.849. The van der Waals surface area contributed by atoms with E-state index in [4.69, 9.17) is 10.5 Å². The molecule has 0 aliphatic rings. The van der Waals surface area contributed by atoms with E-state index in [9.17, 15) is 0 Å². The van der Waals surface area contributed by atoms with E-state index in [0.717, 1.165) is 17.1 Å². The van der Waals surface area contributed by atoms with E-state index in [0.29, 0.717) is 11.5 Å². The average molecular weight is 229 g/mol. The molecule has 1 aromatic carbocycles. The number of hydrogen-bond acceptors (Lipinski definition) is 4. The van der Waals surface area contributed by atoms with Crippen LogP contribution in [0.2, 0.25) is 0 Å². The number of nitrogens with zero attached hydrogens (tertiary/aromatic N) is 1. The Morgan fingerprint density at radius 3 is 2.82 bits per heavy atom. The lowest BCUT2D eigenvalue weighted by Gasteiger charge is -2.10. The predicted molar refractivity (Wildman–Crippen MR) is 69.7 cm³/mol. The molecule has 0 aliphatic heterocycles. The Morgan fingerprint density at radius 2 is 2.06 bits per heavy atom. The van der Waals surface area contributed by atoms with Gasteiger partial charge in [0.25, 0.3) is 0 Å². The highest BCUT2D eigenvalue weighted by Gasteiger charge is 2.02. The minimum Gasteiger partial charge on any atom is -0.497 e. The summed E-state index contributed by atoms with van der Waals surface area (Å²) in [5, 5.41) is 3.17. The predicted octanol–water partition coefficient (Wildman–Crippen LogP) is 2.72. The van der Waals surface area contributed by atoms with Crippen molar-refractivity contribution in [1.82, 2.24) is 4.98 Å². The first-order chi connectivity index (χ1) is 8.19. The van der Waals surface area contributed by atoms with Crippen LogP contribution in [0.4, 0.5) is 17.2 Å². The molecule has 4 nitrogen and oxygen atoms in total. The van der Waals surface area contributed by atoms with Gasteiger partial charge >= 0.3 is 0 Å². The third-order valence-corrected chi connectivity index (χ3v) is 2.40. The summed E-state index contributed by atoms with van der Waals surface area (Å²) in [6, 6.07) is 11.3. The third kappa shape index (κ3) is 2.66. The molecule has 0 bridgehead atoms. The van der Waals surface area contributed by atoms with Crippen molar-refractivity contribution in [2.24, 2.45) is 0 Å². The van der Waals surface area contributed by atoms with Crippen LogP contribution in [-0.4, -0.2) is 12.1 Å². The Hall–Kier alpha value is -2.23. The fraction of sp³-hybridized carbons (Fsp3) is 0.154. The summed E-state index contributed by atoms with van der Waals surface area (Å²) in [6.07, 6.45) is 0. The van der Waals surface area contributed by atoms with Crippen LogP contribution >= 0.6 is 0 Å². The van der Waals surface area contributed by atoms with Gasteiger partial charge in [-0.3, -0.25) is 0 Å². The van der Waals surface area contributed by atoms with Crippen LogP contribution in [0.3, 0.4) is 0 Å². The van der Waals surface area contributed by atoms with Crippen LogP contribution in [0, 0.1) is 6.92 Å². The van der Waals surface area contributed by atoms with Gasteiger partial charge in [-0.1, -0.05) is 6.07 Å². The van der Waals surface area contributed by atoms with Crippen LogP contribution in [0.1, 0.15) is 5.69 Å². The first-order valence-corrected chi connectivity index (χ1v) is 5.33. The fourth-order valence-electron chi connectivity index (χ4n) is 1.51. The number of hydrogen-bond donors (Lipinski definition) is 2. The highest BCUT2D eigenvalue weighted by atomic mass is 16.5. The minimum absolute atomic E-state index is 0.624. The molecule has 1 heterocycles. The monoisotopic (exact) mass is 229 g/mol. The van der Waals surface area contributed by atoms with E-state index in [1.165, 1.54) is 0 Å². The lowest BCUT2D eigenvalue weighted by atomic mass is 10.3. The molecule has 88 valence electrons. The molecule has 0 amide bonds. The SMILES string of the molecule is COc1cccc(Nc2nc(C)ccc2N)c1. The van der Waals surface area contributed by atoms with Gasteiger partial charge in [-0.05, 0) is 31.2 Å². The molecule has 3 N–H and O–H groups in total. The molecular formula is C13H15N3O. The highest BCUT2D eigenvalue weighted by molar-refractivity contribution is 5.69. The van der Waals surface area contributed by atoms with Crippen molar-refractivity contribution in [3.8, 4) is 5.75 Å². The molecule has 1 aromatic heterocycles. The van der Waals surface area contributed by atoms with Gasteiger partial charge in [-0.25, -0.2) is 4.98 Å². The second-order valence-electron chi connectivity index (χ2n) is 3.75. The van der Waals surface area contributed by atoms with Crippen molar-refractivity contribution in [3.05, 3.63) is 42.1 Å². The van der Waals surface area contributed by atoms with Crippen LogP contribution in [0.5, 0.6) is 5.75 Å². The molecule has 2 rings (SSSR count). The van der Waals surface area contributed by atoms with Crippen molar-refractivity contribution < 1.29 is 4.74 Å². The van der Waals surface area contributed by atoms with Crippen molar-refractivity contribution in [1.29, 1.82) is 0 Å². The molecule has 0 unspecified atom stereocenters. The van der Waals surface area contributed by atoms with Gasteiger partial charge in [0.05, 0.1) is 12.8 Å². The third-order valence-electron chi connectivity index (χ3n) is 2.40. The Labute approximate surface area is 100 Å². The zero-order valence-electron chi connectivity index (χ0n) is 9.90. The van der Waals surface area contributed by atoms with Gasteiger partial charge < -0.3 is 15.8 Å². The largest absolute Gasteiger partial charge is 0.497 e. The van der Waals surface area contributed by atoms with Crippen LogP contribution < -0.4 is 15.8 Å². The number of nitrogen functional groups attached to an aromatic ring is 1. The lowest BCUT2D eigenvalue weighted by molar-refractivity contribution is 0.415. The maximum Gasteiger partial charge on any atom is 0.153 e. The summed E-state index contributed by atoms with van der Waals surface area (Å²) >= 11 is 0. The fourth-order valence-corrected chi connectivity index (χ4v) is 1.51. The topological polar surface area (TPSA) is 60.2 Å². The number of ether oxygens (including phenoxy) is 1. The number of anilines is 3. The number of pyridine rings is 1. The Bertz CT molecular complexity index is 526. The summed E-state index contributed by atoms with van der Waals surface area (Å²) in [5.41, 5.74) is 8.29. The molecule has 2 aromatic rings. The molecule has 0 saturated carbocycles. The van der Waals surface area contributed by atoms with Gasteiger partial charge in [-0.2, -0.15) is 0 Å². The van der Waals surface area contributed by atoms with Crippen LogP contribution in [0.15, 0.2) is 36.4 Å². The van der Waals surface area contributed by atoms with Gasteiger partial charge in [0, 0.05) is 17.4 Å². The Morgan fingerprint density at radius 1 is 1.24 bits per heavy atom. The zero-order valence-corrected chi connectivity index (χ0v) is 9.90. The Balaban J connectivity index is 2.27. The van der Waals surface area contributed by atoms with Crippen molar-refractivity contribution in [3.63, 3.8) is 0 Å². The van der Waals surface area contributed by atoms with Crippen LogP contribution in [0.25, 0.3) is 0 Å². The van der Waals surface area contributed by atoms with E-state index in [1.807, 2.05) is 43.3 Å². The maximum absolute atomic E-state index is 5.85. The first-order valence-electron chi connectivity index (χ1n) is 5.33. The molecule has 0 spiro atoms. The second kappa shape index (κ2) is 4.74.